The van der Waals surface area contributed by atoms with E-state index in [0.717, 1.165) is 23.4 Å². The van der Waals surface area contributed by atoms with Crippen LogP contribution >= 0.6 is 0 Å². The van der Waals surface area contributed by atoms with Crippen LogP contribution in [0, 0.1) is 6.92 Å². The number of aromatic nitrogens is 2. The van der Waals surface area contributed by atoms with Crippen LogP contribution in [0.15, 0.2) is 30.5 Å². The van der Waals surface area contributed by atoms with Crippen LogP contribution in [0.2, 0.25) is 0 Å². The highest BCUT2D eigenvalue weighted by molar-refractivity contribution is 5.39. The van der Waals surface area contributed by atoms with Gasteiger partial charge in [-0.2, -0.15) is 18.3 Å². The molecule has 1 atom stereocenters. The monoisotopic (exact) mass is 283 g/mol. The van der Waals surface area contributed by atoms with E-state index in [1.165, 1.54) is 10.7 Å². The van der Waals surface area contributed by atoms with Crippen molar-refractivity contribution in [1.82, 2.24) is 15.1 Å². The third-order valence-electron chi connectivity index (χ3n) is 3.37. The molecule has 0 aliphatic heterocycles. The molecule has 2 rings (SSSR count). The van der Waals surface area contributed by atoms with Gasteiger partial charge in [0, 0.05) is 17.3 Å². The quantitative estimate of drug-likeness (QED) is 0.934. The molecule has 0 aliphatic rings. The van der Waals surface area contributed by atoms with Crippen molar-refractivity contribution in [2.75, 3.05) is 7.05 Å². The fourth-order valence-electron chi connectivity index (χ4n) is 2.08. The normalized spacial score (nSPS) is 13.5. The van der Waals surface area contributed by atoms with Gasteiger partial charge in [0.15, 0.2) is 0 Å². The predicted octanol–water partition coefficient (Wildman–Crippen LogP) is 3.48. The Labute approximate surface area is 115 Å². The molecular formula is C14H16F3N3. The topological polar surface area (TPSA) is 29.9 Å². The molecule has 0 aliphatic carbocycles. The van der Waals surface area contributed by atoms with Crippen LogP contribution in [-0.2, 0) is 6.18 Å². The molecule has 0 bridgehead atoms. The molecule has 6 heteroatoms. The van der Waals surface area contributed by atoms with Crippen molar-refractivity contribution in [2.24, 2.45) is 0 Å². The van der Waals surface area contributed by atoms with E-state index in [1.54, 1.807) is 12.3 Å². The molecule has 108 valence electrons. The smallest absolute Gasteiger partial charge is 0.313 e. The number of rotatable bonds is 3. The summed E-state index contributed by atoms with van der Waals surface area (Å²) in [7, 11) is 1.83. The van der Waals surface area contributed by atoms with Crippen molar-refractivity contribution in [1.29, 1.82) is 0 Å². The van der Waals surface area contributed by atoms with Crippen molar-refractivity contribution < 1.29 is 13.2 Å². The maximum absolute atomic E-state index is 12.7. The summed E-state index contributed by atoms with van der Waals surface area (Å²) in [5.41, 5.74) is 1.52. The molecular weight excluding hydrogens is 267 g/mol. The predicted molar refractivity (Wildman–Crippen MR) is 70.8 cm³/mol. The Kier molecular flexibility index (Phi) is 3.85. The lowest BCUT2D eigenvalue weighted by atomic mass is 10.1. The van der Waals surface area contributed by atoms with E-state index in [9.17, 15) is 13.2 Å². The molecule has 1 unspecified atom stereocenters. The number of nitrogens with one attached hydrogen (secondary N) is 1. The first-order valence-corrected chi connectivity index (χ1v) is 6.24. The number of alkyl halides is 3. The van der Waals surface area contributed by atoms with E-state index < -0.39 is 11.7 Å². The van der Waals surface area contributed by atoms with E-state index in [4.69, 9.17) is 0 Å². The molecule has 0 amide bonds. The van der Waals surface area contributed by atoms with Gasteiger partial charge in [-0.05, 0) is 39.1 Å². The highest BCUT2D eigenvalue weighted by Crippen LogP contribution is 2.30. The summed E-state index contributed by atoms with van der Waals surface area (Å²) >= 11 is 0. The highest BCUT2D eigenvalue weighted by Gasteiger charge is 2.30. The Morgan fingerprint density at radius 2 is 2.00 bits per heavy atom. The van der Waals surface area contributed by atoms with Gasteiger partial charge in [-0.3, -0.25) is 0 Å². The first-order valence-electron chi connectivity index (χ1n) is 6.24. The zero-order chi connectivity index (χ0) is 14.9. The Hall–Kier alpha value is -1.82. The molecule has 3 nitrogen and oxygen atoms in total. The average molecular weight is 283 g/mol. The summed E-state index contributed by atoms with van der Waals surface area (Å²) in [5, 5.41) is 7.28. The maximum atomic E-state index is 12.7. The van der Waals surface area contributed by atoms with Crippen molar-refractivity contribution in [2.45, 2.75) is 26.1 Å². The van der Waals surface area contributed by atoms with Crippen LogP contribution in [0.5, 0.6) is 0 Å². The van der Waals surface area contributed by atoms with Gasteiger partial charge in [0.1, 0.15) is 0 Å². The molecule has 20 heavy (non-hydrogen) atoms. The summed E-state index contributed by atoms with van der Waals surface area (Å²) in [6, 6.07) is 5.26. The third kappa shape index (κ3) is 2.70. The summed E-state index contributed by atoms with van der Waals surface area (Å²) in [6.07, 6.45) is -2.67. The molecule has 0 fully saturated rings. The Morgan fingerprint density at radius 1 is 1.30 bits per heavy atom. The number of hydrogen-bond donors (Lipinski definition) is 1. The van der Waals surface area contributed by atoms with Gasteiger partial charge in [-0.25, -0.2) is 4.68 Å². The first kappa shape index (κ1) is 14.6. The molecule has 0 radical (unpaired) electrons. The van der Waals surface area contributed by atoms with E-state index in [0.29, 0.717) is 5.69 Å². The van der Waals surface area contributed by atoms with Crippen molar-refractivity contribution in [3.8, 4) is 5.69 Å². The van der Waals surface area contributed by atoms with Crippen molar-refractivity contribution in [3.63, 3.8) is 0 Å². The number of nitrogens with zero attached hydrogens (tertiary/aromatic N) is 2. The fourth-order valence-corrected chi connectivity index (χ4v) is 2.08. The average Bonchev–Trinajstić information content (AvgIpc) is 2.79. The second-order valence-corrected chi connectivity index (χ2v) is 4.66. The van der Waals surface area contributed by atoms with E-state index in [2.05, 4.69) is 10.4 Å². The Morgan fingerprint density at radius 3 is 2.60 bits per heavy atom. The van der Waals surface area contributed by atoms with Crippen LogP contribution in [0.4, 0.5) is 13.2 Å². The summed E-state index contributed by atoms with van der Waals surface area (Å²) in [6.45, 7) is 3.82. The maximum Gasteiger partial charge on any atom is 0.416 e. The van der Waals surface area contributed by atoms with Gasteiger partial charge < -0.3 is 5.32 Å². The first-order chi connectivity index (χ1) is 9.34. The molecule has 0 spiro atoms. The Bertz CT molecular complexity index is 602. The summed E-state index contributed by atoms with van der Waals surface area (Å²) < 4.78 is 39.7. The second-order valence-electron chi connectivity index (χ2n) is 4.66. The van der Waals surface area contributed by atoms with Gasteiger partial charge in [-0.1, -0.05) is 6.07 Å². The van der Waals surface area contributed by atoms with Gasteiger partial charge >= 0.3 is 6.18 Å². The van der Waals surface area contributed by atoms with Gasteiger partial charge in [0.05, 0.1) is 17.4 Å². The number of hydrogen-bond acceptors (Lipinski definition) is 2. The van der Waals surface area contributed by atoms with Crippen LogP contribution < -0.4 is 5.32 Å². The Balaban J connectivity index is 2.45. The molecule has 1 heterocycles. The molecule has 0 saturated carbocycles. The van der Waals surface area contributed by atoms with Crippen LogP contribution in [0.1, 0.15) is 29.8 Å². The molecule has 1 N–H and O–H groups in total. The summed E-state index contributed by atoms with van der Waals surface area (Å²) in [5.74, 6) is 0. The zero-order valence-corrected chi connectivity index (χ0v) is 11.5. The highest BCUT2D eigenvalue weighted by atomic mass is 19.4. The lowest BCUT2D eigenvalue weighted by Crippen LogP contribution is -2.13. The van der Waals surface area contributed by atoms with Crippen LogP contribution in [0.3, 0.4) is 0 Å². The lowest BCUT2D eigenvalue weighted by molar-refractivity contribution is -0.137. The molecule has 1 aromatic heterocycles. The zero-order valence-electron chi connectivity index (χ0n) is 11.5. The number of benzene rings is 1. The lowest BCUT2D eigenvalue weighted by Gasteiger charge is -2.12. The van der Waals surface area contributed by atoms with Crippen LogP contribution in [0.25, 0.3) is 5.69 Å². The third-order valence-corrected chi connectivity index (χ3v) is 3.37. The summed E-state index contributed by atoms with van der Waals surface area (Å²) in [4.78, 5) is 0. The fraction of sp³-hybridized carbons (Fsp3) is 0.357. The standard InChI is InChI=1S/C14H16F3N3/c1-9(18-3)13-8-19-20(10(13)2)12-6-4-5-11(7-12)14(15,16)17/h4-9,18H,1-3H3. The van der Waals surface area contributed by atoms with Gasteiger partial charge in [-0.15, -0.1) is 0 Å². The van der Waals surface area contributed by atoms with E-state index >= 15 is 0 Å². The minimum atomic E-state index is -4.35. The van der Waals surface area contributed by atoms with Crippen molar-refractivity contribution >= 4 is 0 Å². The SMILES string of the molecule is CNC(C)c1cnn(-c2cccc(C(F)(F)F)c2)c1C. The minimum Gasteiger partial charge on any atom is -0.313 e. The van der Waals surface area contributed by atoms with Crippen molar-refractivity contribution in [3.05, 3.63) is 47.3 Å². The largest absolute Gasteiger partial charge is 0.416 e. The van der Waals surface area contributed by atoms with E-state index in [-0.39, 0.29) is 6.04 Å². The van der Waals surface area contributed by atoms with Gasteiger partial charge in [0.25, 0.3) is 0 Å². The van der Waals surface area contributed by atoms with Gasteiger partial charge in [0.2, 0.25) is 0 Å². The molecule has 1 aromatic carbocycles. The van der Waals surface area contributed by atoms with Crippen LogP contribution in [-0.4, -0.2) is 16.8 Å². The minimum absolute atomic E-state index is 0.0922. The molecule has 2 aromatic rings. The number of halogens is 3. The second kappa shape index (κ2) is 5.28. The molecule has 0 saturated heterocycles. The van der Waals surface area contributed by atoms with E-state index in [1.807, 2.05) is 20.9 Å².